The molecular formula is C17H17NO4. The predicted octanol–water partition coefficient (Wildman–Crippen LogP) is 2.45. The first kappa shape index (κ1) is 14.4. The van der Waals surface area contributed by atoms with Crippen LogP contribution in [-0.2, 0) is 9.59 Å². The number of carbonyl (C=O) groups excluding carboxylic acids is 1. The number of rotatable bonds is 3. The molecule has 22 heavy (non-hydrogen) atoms. The Kier molecular flexibility index (Phi) is 3.48. The molecule has 1 heterocycles. The van der Waals surface area contributed by atoms with Crippen LogP contribution in [-0.4, -0.2) is 36.0 Å². The number of benzene rings is 2. The van der Waals surface area contributed by atoms with Crippen LogP contribution in [0.4, 0.5) is 0 Å². The molecule has 0 radical (unpaired) electrons. The molecule has 1 fully saturated rings. The second kappa shape index (κ2) is 5.33. The summed E-state index contributed by atoms with van der Waals surface area (Å²) in [4.78, 5) is 25.0. The van der Waals surface area contributed by atoms with Gasteiger partial charge in [0.2, 0.25) is 5.91 Å². The lowest BCUT2D eigenvalue weighted by Crippen LogP contribution is -2.27. The molecule has 0 saturated carbocycles. The van der Waals surface area contributed by atoms with Crippen LogP contribution >= 0.6 is 0 Å². The van der Waals surface area contributed by atoms with Gasteiger partial charge in [-0.15, -0.1) is 0 Å². The van der Waals surface area contributed by atoms with Gasteiger partial charge < -0.3 is 14.7 Å². The van der Waals surface area contributed by atoms with Crippen LogP contribution in [0.25, 0.3) is 10.8 Å². The van der Waals surface area contributed by atoms with Gasteiger partial charge in [0.1, 0.15) is 5.75 Å². The van der Waals surface area contributed by atoms with Crippen LogP contribution in [0.15, 0.2) is 36.4 Å². The van der Waals surface area contributed by atoms with Crippen molar-refractivity contribution in [3.8, 4) is 5.75 Å². The first-order valence-corrected chi connectivity index (χ1v) is 7.08. The number of carboxylic acid groups (broad SMARTS) is 1. The lowest BCUT2D eigenvalue weighted by Gasteiger charge is -2.25. The highest BCUT2D eigenvalue weighted by Gasteiger charge is 2.43. The molecule has 5 nitrogen and oxygen atoms in total. The predicted molar refractivity (Wildman–Crippen MR) is 81.8 cm³/mol. The van der Waals surface area contributed by atoms with Crippen LogP contribution in [0, 0.1) is 5.92 Å². The van der Waals surface area contributed by atoms with E-state index in [2.05, 4.69) is 0 Å². The van der Waals surface area contributed by atoms with Crippen molar-refractivity contribution < 1.29 is 19.4 Å². The number of methoxy groups -OCH3 is 1. The van der Waals surface area contributed by atoms with Gasteiger partial charge in [0.15, 0.2) is 0 Å². The third kappa shape index (κ3) is 2.09. The largest absolute Gasteiger partial charge is 0.496 e. The fraction of sp³-hybridized carbons (Fsp3) is 0.294. The second-order valence-corrected chi connectivity index (χ2v) is 5.50. The van der Waals surface area contributed by atoms with E-state index in [0.717, 1.165) is 22.1 Å². The van der Waals surface area contributed by atoms with E-state index in [-0.39, 0.29) is 12.3 Å². The summed E-state index contributed by atoms with van der Waals surface area (Å²) in [5, 5.41) is 11.3. The van der Waals surface area contributed by atoms with Crippen LogP contribution in [0.2, 0.25) is 0 Å². The fourth-order valence-corrected chi connectivity index (χ4v) is 3.25. The number of carbonyl (C=O) groups is 2. The molecule has 0 aromatic heterocycles. The van der Waals surface area contributed by atoms with Gasteiger partial charge in [0, 0.05) is 18.9 Å². The Labute approximate surface area is 128 Å². The van der Waals surface area contributed by atoms with Gasteiger partial charge in [-0.1, -0.05) is 30.3 Å². The lowest BCUT2D eigenvalue weighted by atomic mass is 9.90. The van der Waals surface area contributed by atoms with E-state index in [9.17, 15) is 14.7 Å². The number of carboxylic acids is 1. The zero-order valence-electron chi connectivity index (χ0n) is 12.4. The zero-order valence-corrected chi connectivity index (χ0v) is 12.4. The average Bonchev–Trinajstić information content (AvgIpc) is 2.82. The molecule has 1 aliphatic heterocycles. The molecule has 1 saturated heterocycles. The van der Waals surface area contributed by atoms with Gasteiger partial charge in [-0.2, -0.15) is 0 Å². The molecule has 1 amide bonds. The minimum Gasteiger partial charge on any atom is -0.496 e. The molecule has 2 aromatic carbocycles. The number of hydrogen-bond donors (Lipinski definition) is 1. The van der Waals surface area contributed by atoms with Crippen molar-refractivity contribution in [2.24, 2.45) is 5.92 Å². The second-order valence-electron chi connectivity index (χ2n) is 5.50. The summed E-state index contributed by atoms with van der Waals surface area (Å²) in [5.41, 5.74) is 0.845. The molecule has 2 atom stereocenters. The van der Waals surface area contributed by atoms with E-state index in [0.29, 0.717) is 0 Å². The average molecular weight is 299 g/mol. The Bertz CT molecular complexity index is 755. The molecule has 0 aliphatic carbocycles. The molecule has 0 spiro atoms. The van der Waals surface area contributed by atoms with Crippen molar-refractivity contribution in [3.63, 3.8) is 0 Å². The number of fused-ring (bicyclic) bond motifs is 1. The van der Waals surface area contributed by atoms with Crippen LogP contribution in [0.5, 0.6) is 5.75 Å². The van der Waals surface area contributed by atoms with Gasteiger partial charge in [-0.05, 0) is 17.0 Å². The Balaban J connectivity index is 2.21. The van der Waals surface area contributed by atoms with E-state index in [1.807, 2.05) is 36.4 Å². The quantitative estimate of drug-likeness (QED) is 0.945. The highest BCUT2D eigenvalue weighted by atomic mass is 16.5. The summed E-state index contributed by atoms with van der Waals surface area (Å²) in [6.07, 6.45) is 0.0385. The maximum Gasteiger partial charge on any atom is 0.309 e. The molecular weight excluding hydrogens is 282 g/mol. The Morgan fingerprint density at radius 3 is 2.55 bits per heavy atom. The summed E-state index contributed by atoms with van der Waals surface area (Å²) in [6.45, 7) is 0. The maximum absolute atomic E-state index is 12.0. The standard InChI is InChI=1S/C17H17NO4/c1-18-15(19)9-13(17(20)21)16(18)12-7-8-14(22-2)11-6-4-3-5-10(11)12/h3-8,13,16H,9H2,1-2H3,(H,20,21)/t13-,16-/m0/s1. The van der Waals surface area contributed by atoms with Crippen LogP contribution in [0.3, 0.4) is 0 Å². The molecule has 114 valence electrons. The van der Waals surface area contributed by atoms with Crippen molar-refractivity contribution in [1.82, 2.24) is 4.90 Å². The minimum absolute atomic E-state index is 0.0385. The Hall–Kier alpha value is -2.56. The third-order valence-corrected chi connectivity index (χ3v) is 4.36. The van der Waals surface area contributed by atoms with Crippen LogP contribution < -0.4 is 4.74 Å². The van der Waals surface area contributed by atoms with E-state index in [1.54, 1.807) is 14.2 Å². The minimum atomic E-state index is -0.942. The van der Waals surface area contributed by atoms with Crippen molar-refractivity contribution >= 4 is 22.6 Å². The van der Waals surface area contributed by atoms with Crippen molar-refractivity contribution in [1.29, 1.82) is 0 Å². The molecule has 0 unspecified atom stereocenters. The monoisotopic (exact) mass is 299 g/mol. The summed E-state index contributed by atoms with van der Waals surface area (Å²) >= 11 is 0. The summed E-state index contributed by atoms with van der Waals surface area (Å²) in [6, 6.07) is 10.9. The summed E-state index contributed by atoms with van der Waals surface area (Å²) in [7, 11) is 3.27. The lowest BCUT2D eigenvalue weighted by molar-refractivity contribution is -0.142. The van der Waals surface area contributed by atoms with E-state index < -0.39 is 17.9 Å². The SMILES string of the molecule is COc1ccc([C@H]2[C@@H](C(=O)O)CC(=O)N2C)c2ccccc12. The molecule has 5 heteroatoms. The summed E-state index contributed by atoms with van der Waals surface area (Å²) in [5.74, 6) is -1.08. The van der Waals surface area contributed by atoms with E-state index in [1.165, 1.54) is 4.90 Å². The van der Waals surface area contributed by atoms with Gasteiger partial charge in [0.05, 0.1) is 19.1 Å². The van der Waals surface area contributed by atoms with Gasteiger partial charge >= 0.3 is 5.97 Å². The molecule has 1 N–H and O–H groups in total. The van der Waals surface area contributed by atoms with Crippen molar-refractivity contribution in [2.45, 2.75) is 12.5 Å². The van der Waals surface area contributed by atoms with Crippen molar-refractivity contribution in [3.05, 3.63) is 42.0 Å². The first-order chi connectivity index (χ1) is 10.5. The highest BCUT2D eigenvalue weighted by molar-refractivity contribution is 5.94. The summed E-state index contributed by atoms with van der Waals surface area (Å²) < 4.78 is 5.37. The molecule has 2 aromatic rings. The Morgan fingerprint density at radius 2 is 1.91 bits per heavy atom. The van der Waals surface area contributed by atoms with E-state index >= 15 is 0 Å². The number of likely N-dealkylation sites (tertiary alicyclic amines) is 1. The Morgan fingerprint density at radius 1 is 1.23 bits per heavy atom. The topological polar surface area (TPSA) is 66.8 Å². The number of ether oxygens (including phenoxy) is 1. The third-order valence-electron chi connectivity index (χ3n) is 4.36. The first-order valence-electron chi connectivity index (χ1n) is 7.08. The van der Waals surface area contributed by atoms with Crippen molar-refractivity contribution in [2.75, 3.05) is 14.2 Å². The van der Waals surface area contributed by atoms with Gasteiger partial charge in [-0.25, -0.2) is 0 Å². The van der Waals surface area contributed by atoms with E-state index in [4.69, 9.17) is 4.74 Å². The number of aliphatic carboxylic acids is 1. The van der Waals surface area contributed by atoms with Crippen LogP contribution in [0.1, 0.15) is 18.0 Å². The number of nitrogens with zero attached hydrogens (tertiary/aromatic N) is 1. The van der Waals surface area contributed by atoms with Gasteiger partial charge in [0.25, 0.3) is 0 Å². The number of amides is 1. The fourth-order valence-electron chi connectivity index (χ4n) is 3.25. The highest BCUT2D eigenvalue weighted by Crippen LogP contribution is 2.41. The number of hydrogen-bond acceptors (Lipinski definition) is 3. The zero-order chi connectivity index (χ0) is 15.9. The molecule has 1 aliphatic rings. The normalized spacial score (nSPS) is 21.4. The molecule has 3 rings (SSSR count). The van der Waals surface area contributed by atoms with Gasteiger partial charge in [-0.3, -0.25) is 9.59 Å². The maximum atomic E-state index is 12.0. The smallest absolute Gasteiger partial charge is 0.309 e. The molecule has 0 bridgehead atoms.